The first-order valence-corrected chi connectivity index (χ1v) is 10.7. The summed E-state index contributed by atoms with van der Waals surface area (Å²) in [5, 5.41) is 15.5. The molecule has 0 unspecified atom stereocenters. The van der Waals surface area contributed by atoms with Gasteiger partial charge in [-0.25, -0.2) is 0 Å². The lowest BCUT2D eigenvalue weighted by Crippen LogP contribution is -2.55. The number of hydrogen-bond acceptors (Lipinski definition) is 6. The van der Waals surface area contributed by atoms with Gasteiger partial charge in [-0.2, -0.15) is 0 Å². The van der Waals surface area contributed by atoms with E-state index in [9.17, 15) is 14.9 Å². The van der Waals surface area contributed by atoms with Crippen molar-refractivity contribution in [2.24, 2.45) is 0 Å². The summed E-state index contributed by atoms with van der Waals surface area (Å²) >= 11 is 0. The number of para-hydroxylation sites is 1. The van der Waals surface area contributed by atoms with Gasteiger partial charge in [-0.05, 0) is 43.5 Å². The SMILES string of the molecule is CCOc1ccc([C@H]2[C@H]([N+](=O)[O-])[C@@]3(C(=O)Nc4ccccc43)N3CCC[C@@H]23)cc1OC. The lowest BCUT2D eigenvalue weighted by atomic mass is 9.77. The van der Waals surface area contributed by atoms with Crippen molar-refractivity contribution in [2.45, 2.75) is 43.3 Å². The summed E-state index contributed by atoms with van der Waals surface area (Å²) in [5.74, 6) is 0.399. The molecule has 3 aliphatic rings. The lowest BCUT2D eigenvalue weighted by Gasteiger charge is -2.32. The summed E-state index contributed by atoms with van der Waals surface area (Å²) in [6, 6.07) is 11.7. The molecule has 4 atom stereocenters. The molecule has 2 fully saturated rings. The molecule has 2 saturated heterocycles. The summed E-state index contributed by atoms with van der Waals surface area (Å²) in [7, 11) is 1.56. The third kappa shape index (κ3) is 2.61. The van der Waals surface area contributed by atoms with E-state index in [2.05, 4.69) is 10.2 Å². The quantitative estimate of drug-likeness (QED) is 0.587. The fourth-order valence-electron chi connectivity index (χ4n) is 5.94. The Morgan fingerprint density at radius 3 is 2.81 bits per heavy atom. The fourth-order valence-corrected chi connectivity index (χ4v) is 5.94. The zero-order valence-corrected chi connectivity index (χ0v) is 17.5. The number of rotatable bonds is 5. The van der Waals surface area contributed by atoms with Crippen LogP contribution in [0.3, 0.4) is 0 Å². The van der Waals surface area contributed by atoms with Crippen molar-refractivity contribution in [3.8, 4) is 11.5 Å². The van der Waals surface area contributed by atoms with E-state index >= 15 is 0 Å². The Balaban J connectivity index is 1.70. The molecule has 1 spiro atoms. The van der Waals surface area contributed by atoms with E-state index in [-0.39, 0.29) is 16.9 Å². The highest BCUT2D eigenvalue weighted by atomic mass is 16.6. The van der Waals surface area contributed by atoms with E-state index in [0.29, 0.717) is 35.9 Å². The molecule has 2 aromatic rings. The smallest absolute Gasteiger partial charge is 0.256 e. The van der Waals surface area contributed by atoms with Gasteiger partial charge in [-0.1, -0.05) is 24.3 Å². The van der Waals surface area contributed by atoms with Gasteiger partial charge in [0.2, 0.25) is 0 Å². The highest BCUT2D eigenvalue weighted by molar-refractivity contribution is 6.07. The van der Waals surface area contributed by atoms with Crippen molar-refractivity contribution in [1.82, 2.24) is 4.90 Å². The third-order valence-corrected chi connectivity index (χ3v) is 6.97. The Morgan fingerprint density at radius 2 is 2.06 bits per heavy atom. The maximum atomic E-state index is 13.5. The van der Waals surface area contributed by atoms with Crippen LogP contribution in [0.2, 0.25) is 0 Å². The predicted molar refractivity (Wildman–Crippen MR) is 114 cm³/mol. The van der Waals surface area contributed by atoms with Gasteiger partial charge in [0.1, 0.15) is 0 Å². The number of ether oxygens (including phenoxy) is 2. The molecule has 31 heavy (non-hydrogen) atoms. The lowest BCUT2D eigenvalue weighted by molar-refractivity contribution is -0.534. The van der Waals surface area contributed by atoms with Gasteiger partial charge in [0, 0.05) is 28.8 Å². The van der Waals surface area contributed by atoms with Crippen molar-refractivity contribution in [1.29, 1.82) is 0 Å². The number of amides is 1. The molecule has 0 radical (unpaired) electrons. The maximum absolute atomic E-state index is 13.5. The third-order valence-electron chi connectivity index (χ3n) is 6.97. The number of fused-ring (bicyclic) bond motifs is 4. The van der Waals surface area contributed by atoms with Crippen LogP contribution >= 0.6 is 0 Å². The molecule has 3 aliphatic heterocycles. The Kier molecular flexibility index (Phi) is 4.62. The summed E-state index contributed by atoms with van der Waals surface area (Å²) in [4.78, 5) is 27.9. The average molecular weight is 423 g/mol. The van der Waals surface area contributed by atoms with E-state index in [4.69, 9.17) is 9.47 Å². The molecule has 8 nitrogen and oxygen atoms in total. The summed E-state index contributed by atoms with van der Waals surface area (Å²) < 4.78 is 11.1. The zero-order chi connectivity index (χ0) is 21.8. The van der Waals surface area contributed by atoms with Gasteiger partial charge < -0.3 is 14.8 Å². The number of hydrogen-bond donors (Lipinski definition) is 1. The van der Waals surface area contributed by atoms with Gasteiger partial charge in [0.05, 0.1) is 19.6 Å². The number of carbonyl (C=O) groups is 1. The number of anilines is 1. The van der Waals surface area contributed by atoms with Crippen LogP contribution in [0.4, 0.5) is 5.69 Å². The number of nitrogens with zero attached hydrogens (tertiary/aromatic N) is 2. The van der Waals surface area contributed by atoms with Crippen molar-refractivity contribution in [3.05, 3.63) is 63.7 Å². The standard InChI is InChI=1S/C23H25N3O5/c1-3-31-18-11-10-14(13-19(18)30-2)20-17-9-6-12-25(17)23(21(20)26(28)29)15-7-4-5-8-16(15)24-22(23)27/h4-5,7-8,10-11,13,17,20-21H,3,6,9,12H2,1-2H3,(H,24,27)/t17-,20+,21-,23-/m0/s1. The second-order valence-electron chi connectivity index (χ2n) is 8.27. The second kappa shape index (κ2) is 7.23. The van der Waals surface area contributed by atoms with Crippen LogP contribution in [0.25, 0.3) is 0 Å². The Hall–Kier alpha value is -3.13. The van der Waals surface area contributed by atoms with Gasteiger partial charge in [0.25, 0.3) is 11.9 Å². The topological polar surface area (TPSA) is 93.9 Å². The van der Waals surface area contributed by atoms with E-state index < -0.39 is 17.5 Å². The Morgan fingerprint density at radius 1 is 1.26 bits per heavy atom. The van der Waals surface area contributed by atoms with Crippen molar-refractivity contribution in [3.63, 3.8) is 0 Å². The normalized spacial score (nSPS) is 29.0. The summed E-state index contributed by atoms with van der Waals surface area (Å²) in [5.41, 5.74) is 0.856. The van der Waals surface area contributed by atoms with Gasteiger partial charge in [-0.15, -0.1) is 0 Å². The fraction of sp³-hybridized carbons (Fsp3) is 0.435. The van der Waals surface area contributed by atoms with Gasteiger partial charge >= 0.3 is 0 Å². The Labute approximate surface area is 180 Å². The molecule has 0 saturated carbocycles. The maximum Gasteiger partial charge on any atom is 0.256 e. The van der Waals surface area contributed by atoms with Gasteiger partial charge in [-0.3, -0.25) is 19.8 Å². The number of carbonyl (C=O) groups excluding carboxylic acids is 1. The molecule has 0 aromatic heterocycles. The van der Waals surface area contributed by atoms with Crippen molar-refractivity contribution < 1.29 is 19.2 Å². The molecule has 0 bridgehead atoms. The predicted octanol–water partition coefficient (Wildman–Crippen LogP) is 3.15. The van der Waals surface area contributed by atoms with Crippen molar-refractivity contribution >= 4 is 11.6 Å². The van der Waals surface area contributed by atoms with Crippen LogP contribution in [0, 0.1) is 10.1 Å². The van der Waals surface area contributed by atoms with Crippen LogP contribution in [-0.2, 0) is 10.3 Å². The van der Waals surface area contributed by atoms with Crippen LogP contribution < -0.4 is 14.8 Å². The molecule has 8 heteroatoms. The van der Waals surface area contributed by atoms with Crippen LogP contribution in [-0.4, -0.2) is 48.1 Å². The molecule has 5 rings (SSSR count). The van der Waals surface area contributed by atoms with E-state index in [1.807, 2.05) is 49.4 Å². The summed E-state index contributed by atoms with van der Waals surface area (Å²) in [6.07, 6.45) is 1.71. The van der Waals surface area contributed by atoms with Crippen LogP contribution in [0.1, 0.15) is 36.8 Å². The monoisotopic (exact) mass is 423 g/mol. The van der Waals surface area contributed by atoms with Crippen molar-refractivity contribution in [2.75, 3.05) is 25.6 Å². The molecule has 3 heterocycles. The van der Waals surface area contributed by atoms with Crippen LogP contribution in [0.5, 0.6) is 11.5 Å². The number of nitrogens with one attached hydrogen (secondary N) is 1. The van der Waals surface area contributed by atoms with Crippen LogP contribution in [0.15, 0.2) is 42.5 Å². The highest BCUT2D eigenvalue weighted by Crippen LogP contribution is 2.58. The molecule has 0 aliphatic carbocycles. The molecule has 1 amide bonds. The second-order valence-corrected chi connectivity index (χ2v) is 8.27. The number of methoxy groups -OCH3 is 1. The average Bonchev–Trinajstić information content (AvgIpc) is 3.42. The van der Waals surface area contributed by atoms with E-state index in [0.717, 1.165) is 18.4 Å². The summed E-state index contributed by atoms with van der Waals surface area (Å²) in [6.45, 7) is 3.04. The molecule has 1 N–H and O–H groups in total. The van der Waals surface area contributed by atoms with E-state index in [1.165, 1.54) is 0 Å². The number of benzene rings is 2. The van der Waals surface area contributed by atoms with Gasteiger partial charge in [0.15, 0.2) is 17.0 Å². The van der Waals surface area contributed by atoms with E-state index in [1.54, 1.807) is 7.11 Å². The number of nitro groups is 1. The largest absolute Gasteiger partial charge is 0.493 e. The zero-order valence-electron chi connectivity index (χ0n) is 17.5. The Bertz CT molecular complexity index is 1060. The highest BCUT2D eigenvalue weighted by Gasteiger charge is 2.73. The molecule has 162 valence electrons. The first-order valence-electron chi connectivity index (χ1n) is 10.7. The molecular formula is C23H25N3O5. The first kappa shape index (κ1) is 19.8. The minimum absolute atomic E-state index is 0.102. The first-order chi connectivity index (χ1) is 15.0. The molecular weight excluding hydrogens is 398 g/mol. The minimum atomic E-state index is -1.31. The minimum Gasteiger partial charge on any atom is -0.493 e. The molecule has 2 aromatic carbocycles.